The van der Waals surface area contributed by atoms with Gasteiger partial charge in [0.1, 0.15) is 11.5 Å². The fourth-order valence-electron chi connectivity index (χ4n) is 4.71. The van der Waals surface area contributed by atoms with Crippen molar-refractivity contribution in [1.29, 1.82) is 0 Å². The molecule has 0 saturated carbocycles. The van der Waals surface area contributed by atoms with Gasteiger partial charge in [0.2, 0.25) is 5.91 Å². The summed E-state index contributed by atoms with van der Waals surface area (Å²) < 4.78 is 14.8. The minimum absolute atomic E-state index is 0.101. The number of nitrogens with one attached hydrogen (secondary N) is 1. The van der Waals surface area contributed by atoms with E-state index in [4.69, 9.17) is 0 Å². The molecule has 164 valence electrons. The van der Waals surface area contributed by atoms with Gasteiger partial charge in [-0.25, -0.2) is 4.39 Å². The molecule has 2 aromatic heterocycles. The number of fused-ring (bicyclic) bond motifs is 4. The molecule has 0 aliphatic carbocycles. The lowest BCUT2D eigenvalue weighted by Gasteiger charge is -2.43. The molecule has 2 bridgehead atoms. The SMILES string of the molecule is O=C(Nc1ccc2n(c1=O)C[C@H]1C[C@@H]2CN(C(=O)Cc2cccs2)C1)c1ccc(F)cc1. The number of aromatic nitrogens is 1. The molecule has 1 fully saturated rings. The van der Waals surface area contributed by atoms with Gasteiger partial charge in [-0.05, 0) is 60.2 Å². The zero-order valence-corrected chi connectivity index (χ0v) is 18.1. The van der Waals surface area contributed by atoms with Gasteiger partial charge in [-0.2, -0.15) is 0 Å². The van der Waals surface area contributed by atoms with E-state index in [0.717, 1.165) is 17.0 Å². The van der Waals surface area contributed by atoms with Crippen molar-refractivity contribution in [3.8, 4) is 0 Å². The average molecular weight is 452 g/mol. The van der Waals surface area contributed by atoms with Gasteiger partial charge >= 0.3 is 0 Å². The normalized spacial score (nSPS) is 19.3. The Balaban J connectivity index is 1.34. The zero-order valence-electron chi connectivity index (χ0n) is 17.3. The van der Waals surface area contributed by atoms with E-state index in [1.165, 1.54) is 24.3 Å². The molecular weight excluding hydrogens is 429 g/mol. The second-order valence-electron chi connectivity index (χ2n) is 8.40. The van der Waals surface area contributed by atoms with Crippen molar-refractivity contribution in [3.63, 3.8) is 0 Å². The Hall–Kier alpha value is -3.26. The van der Waals surface area contributed by atoms with Crippen LogP contribution in [-0.2, 0) is 17.8 Å². The molecule has 2 atom stereocenters. The average Bonchev–Trinajstić information content (AvgIpc) is 3.29. The van der Waals surface area contributed by atoms with E-state index < -0.39 is 11.7 Å². The summed E-state index contributed by atoms with van der Waals surface area (Å²) in [5.41, 5.74) is 1.14. The van der Waals surface area contributed by atoms with E-state index >= 15 is 0 Å². The van der Waals surface area contributed by atoms with Crippen LogP contribution in [0.1, 0.15) is 33.3 Å². The Morgan fingerprint density at radius 3 is 2.62 bits per heavy atom. The number of anilines is 1. The van der Waals surface area contributed by atoms with Crippen molar-refractivity contribution in [2.24, 2.45) is 5.92 Å². The van der Waals surface area contributed by atoms with Gasteiger partial charge in [-0.15, -0.1) is 11.3 Å². The highest BCUT2D eigenvalue weighted by molar-refractivity contribution is 7.10. The molecule has 8 heteroatoms. The smallest absolute Gasteiger partial charge is 0.274 e. The van der Waals surface area contributed by atoms with Gasteiger partial charge < -0.3 is 14.8 Å². The van der Waals surface area contributed by atoms with Crippen molar-refractivity contribution < 1.29 is 14.0 Å². The molecule has 4 heterocycles. The molecule has 1 saturated heterocycles. The van der Waals surface area contributed by atoms with Crippen molar-refractivity contribution >= 4 is 28.8 Å². The Morgan fingerprint density at radius 2 is 1.88 bits per heavy atom. The number of benzene rings is 1. The van der Waals surface area contributed by atoms with Gasteiger partial charge in [-0.3, -0.25) is 14.4 Å². The third-order valence-corrected chi connectivity index (χ3v) is 7.09. The summed E-state index contributed by atoms with van der Waals surface area (Å²) in [4.78, 5) is 41.4. The third kappa shape index (κ3) is 3.98. The summed E-state index contributed by atoms with van der Waals surface area (Å²) in [6.07, 6.45) is 1.36. The van der Waals surface area contributed by atoms with Gasteiger partial charge in [-0.1, -0.05) is 6.07 Å². The molecule has 6 nitrogen and oxygen atoms in total. The fraction of sp³-hybridized carbons (Fsp3) is 0.292. The maximum absolute atomic E-state index is 13.1. The molecule has 1 aromatic carbocycles. The predicted octanol–water partition coefficient (Wildman–Crippen LogP) is 3.49. The van der Waals surface area contributed by atoms with Gasteiger partial charge in [0, 0.05) is 41.7 Å². The monoisotopic (exact) mass is 451 g/mol. The second-order valence-corrected chi connectivity index (χ2v) is 9.43. The Labute approximate surface area is 188 Å². The molecular formula is C24H22FN3O3S. The van der Waals surface area contributed by atoms with E-state index in [-0.39, 0.29) is 34.6 Å². The summed E-state index contributed by atoms with van der Waals surface area (Å²) in [5.74, 6) is -0.450. The molecule has 0 unspecified atom stereocenters. The number of amides is 2. The molecule has 2 amide bonds. The Bertz CT molecular complexity index is 1220. The molecule has 2 aliphatic heterocycles. The quantitative estimate of drug-likeness (QED) is 0.660. The fourth-order valence-corrected chi connectivity index (χ4v) is 5.41. The number of nitrogens with zero attached hydrogens (tertiary/aromatic N) is 2. The van der Waals surface area contributed by atoms with E-state index in [1.807, 2.05) is 28.5 Å². The zero-order chi connectivity index (χ0) is 22.2. The maximum atomic E-state index is 13.1. The largest absolute Gasteiger partial charge is 0.341 e. The van der Waals surface area contributed by atoms with Gasteiger partial charge in [0.05, 0.1) is 6.42 Å². The first kappa shape index (κ1) is 20.6. The molecule has 32 heavy (non-hydrogen) atoms. The highest BCUT2D eigenvalue weighted by atomic mass is 32.1. The van der Waals surface area contributed by atoms with Crippen LogP contribution in [0.4, 0.5) is 10.1 Å². The van der Waals surface area contributed by atoms with Crippen molar-refractivity contribution in [2.75, 3.05) is 18.4 Å². The lowest BCUT2D eigenvalue weighted by molar-refractivity contribution is -0.133. The van der Waals surface area contributed by atoms with Crippen LogP contribution in [0.2, 0.25) is 0 Å². The Morgan fingerprint density at radius 1 is 1.06 bits per heavy atom. The van der Waals surface area contributed by atoms with Crippen LogP contribution in [-0.4, -0.2) is 34.4 Å². The van der Waals surface area contributed by atoms with Crippen LogP contribution in [0.15, 0.2) is 58.7 Å². The number of carbonyl (C=O) groups excluding carboxylic acids is 2. The van der Waals surface area contributed by atoms with Gasteiger partial charge in [0.15, 0.2) is 0 Å². The Kier molecular flexibility index (Phi) is 5.38. The van der Waals surface area contributed by atoms with E-state index in [1.54, 1.807) is 22.0 Å². The number of likely N-dealkylation sites (tertiary alicyclic amines) is 1. The molecule has 1 N–H and O–H groups in total. The van der Waals surface area contributed by atoms with Crippen molar-refractivity contribution in [1.82, 2.24) is 9.47 Å². The van der Waals surface area contributed by atoms with E-state index in [0.29, 0.717) is 26.1 Å². The van der Waals surface area contributed by atoms with Crippen molar-refractivity contribution in [3.05, 3.63) is 86.2 Å². The van der Waals surface area contributed by atoms with E-state index in [9.17, 15) is 18.8 Å². The molecule has 3 aromatic rings. The lowest BCUT2D eigenvalue weighted by Crippen LogP contribution is -2.49. The molecule has 5 rings (SSSR count). The third-order valence-electron chi connectivity index (χ3n) is 6.22. The lowest BCUT2D eigenvalue weighted by atomic mass is 9.83. The molecule has 0 radical (unpaired) electrons. The second kappa shape index (κ2) is 8.35. The molecule has 0 spiro atoms. The number of piperidine rings is 1. The minimum Gasteiger partial charge on any atom is -0.341 e. The number of thiophene rings is 1. The van der Waals surface area contributed by atoms with E-state index in [2.05, 4.69) is 5.32 Å². The first-order valence-corrected chi connectivity index (χ1v) is 11.5. The molecule has 2 aliphatic rings. The highest BCUT2D eigenvalue weighted by Gasteiger charge is 2.36. The van der Waals surface area contributed by atoms with Crippen LogP contribution in [0, 0.1) is 11.7 Å². The summed E-state index contributed by atoms with van der Waals surface area (Å²) in [7, 11) is 0. The van der Waals surface area contributed by atoms with Crippen LogP contribution in [0.5, 0.6) is 0 Å². The van der Waals surface area contributed by atoms with Crippen LogP contribution < -0.4 is 10.9 Å². The van der Waals surface area contributed by atoms with Crippen LogP contribution in [0.3, 0.4) is 0 Å². The van der Waals surface area contributed by atoms with Gasteiger partial charge in [0.25, 0.3) is 11.5 Å². The van der Waals surface area contributed by atoms with Crippen LogP contribution in [0.25, 0.3) is 0 Å². The number of pyridine rings is 1. The summed E-state index contributed by atoms with van der Waals surface area (Å²) >= 11 is 1.59. The minimum atomic E-state index is -0.455. The number of rotatable bonds is 4. The number of halogens is 1. The predicted molar refractivity (Wildman–Crippen MR) is 121 cm³/mol. The number of hydrogen-bond acceptors (Lipinski definition) is 4. The number of hydrogen-bond donors (Lipinski definition) is 1. The first-order valence-electron chi connectivity index (χ1n) is 10.6. The topological polar surface area (TPSA) is 71.4 Å². The first-order chi connectivity index (χ1) is 15.5. The van der Waals surface area contributed by atoms with Crippen molar-refractivity contribution in [2.45, 2.75) is 25.3 Å². The standard InChI is InChI=1S/C24H22FN3O3S/c25-18-5-3-16(4-6-18)23(30)26-20-7-8-21-17-10-15(13-28(21)24(20)31)12-27(14-17)22(29)11-19-2-1-9-32-19/h1-9,15,17H,10-14H2,(H,26,30)/t15-,17+/m0/s1. The highest BCUT2D eigenvalue weighted by Crippen LogP contribution is 2.35. The summed E-state index contributed by atoms with van der Waals surface area (Å²) in [6, 6.07) is 12.6. The maximum Gasteiger partial charge on any atom is 0.274 e. The van der Waals surface area contributed by atoms with Crippen LogP contribution >= 0.6 is 11.3 Å². The summed E-state index contributed by atoms with van der Waals surface area (Å²) in [6.45, 7) is 1.76. The summed E-state index contributed by atoms with van der Waals surface area (Å²) in [5, 5.41) is 4.63. The number of carbonyl (C=O) groups is 2.